The summed E-state index contributed by atoms with van der Waals surface area (Å²) in [4.78, 5) is 33.0. The zero-order valence-corrected chi connectivity index (χ0v) is 15.9. The third-order valence-corrected chi connectivity index (χ3v) is 5.59. The molecule has 1 N–H and O–H groups in total. The number of amides is 3. The SMILES string of the molecule is Cc1nc2c(NC(=O)N(C)C[C@H]3CC(=O)N(C4CCCC4)C3)cccn2n1. The molecule has 8 heteroatoms. The highest BCUT2D eigenvalue weighted by molar-refractivity contribution is 5.93. The number of nitrogens with one attached hydrogen (secondary N) is 1. The Morgan fingerprint density at radius 3 is 2.93 bits per heavy atom. The fourth-order valence-electron chi connectivity index (χ4n) is 4.29. The molecule has 1 atom stereocenters. The summed E-state index contributed by atoms with van der Waals surface area (Å²) >= 11 is 0. The minimum absolute atomic E-state index is 0.194. The van der Waals surface area contributed by atoms with Crippen molar-refractivity contribution in [2.45, 2.75) is 45.1 Å². The molecule has 3 amide bonds. The van der Waals surface area contributed by atoms with Crippen molar-refractivity contribution in [1.29, 1.82) is 0 Å². The third-order valence-electron chi connectivity index (χ3n) is 5.59. The topological polar surface area (TPSA) is 82.8 Å². The van der Waals surface area contributed by atoms with E-state index in [2.05, 4.69) is 15.4 Å². The summed E-state index contributed by atoms with van der Waals surface area (Å²) in [5, 5.41) is 7.18. The quantitative estimate of drug-likeness (QED) is 0.895. The van der Waals surface area contributed by atoms with Gasteiger partial charge in [-0.3, -0.25) is 4.79 Å². The molecule has 3 heterocycles. The van der Waals surface area contributed by atoms with E-state index in [9.17, 15) is 9.59 Å². The van der Waals surface area contributed by atoms with Crippen LogP contribution in [0.15, 0.2) is 18.3 Å². The molecule has 0 unspecified atom stereocenters. The second kappa shape index (κ2) is 7.17. The Kier molecular flexibility index (Phi) is 4.72. The van der Waals surface area contributed by atoms with Crippen LogP contribution in [0.2, 0.25) is 0 Å². The third kappa shape index (κ3) is 3.61. The van der Waals surface area contributed by atoms with Crippen LogP contribution in [-0.4, -0.2) is 62.5 Å². The van der Waals surface area contributed by atoms with E-state index in [1.54, 1.807) is 22.7 Å². The molecule has 1 saturated heterocycles. The van der Waals surface area contributed by atoms with Gasteiger partial charge in [0, 0.05) is 44.7 Å². The van der Waals surface area contributed by atoms with Gasteiger partial charge in [0.25, 0.3) is 0 Å². The molecule has 0 aromatic carbocycles. The van der Waals surface area contributed by atoms with E-state index in [4.69, 9.17) is 0 Å². The molecule has 2 aromatic heterocycles. The Bertz CT molecular complexity index is 857. The van der Waals surface area contributed by atoms with E-state index >= 15 is 0 Å². The van der Waals surface area contributed by atoms with Crippen molar-refractivity contribution in [1.82, 2.24) is 24.4 Å². The molecule has 2 fully saturated rings. The van der Waals surface area contributed by atoms with Gasteiger partial charge in [0.1, 0.15) is 5.82 Å². The Balaban J connectivity index is 1.37. The fourth-order valence-corrected chi connectivity index (χ4v) is 4.29. The first-order chi connectivity index (χ1) is 13.0. The summed E-state index contributed by atoms with van der Waals surface area (Å²) in [6.07, 6.45) is 7.01. The van der Waals surface area contributed by atoms with Crippen molar-refractivity contribution in [2.24, 2.45) is 5.92 Å². The number of likely N-dealkylation sites (tertiary alicyclic amines) is 1. The van der Waals surface area contributed by atoms with Gasteiger partial charge < -0.3 is 15.1 Å². The van der Waals surface area contributed by atoms with E-state index in [-0.39, 0.29) is 17.9 Å². The number of anilines is 1. The molecule has 27 heavy (non-hydrogen) atoms. The van der Waals surface area contributed by atoms with Gasteiger partial charge in [-0.25, -0.2) is 14.3 Å². The largest absolute Gasteiger partial charge is 0.339 e. The van der Waals surface area contributed by atoms with Crippen molar-refractivity contribution in [3.63, 3.8) is 0 Å². The first kappa shape index (κ1) is 17.8. The van der Waals surface area contributed by atoms with Gasteiger partial charge in [-0.15, -0.1) is 0 Å². The van der Waals surface area contributed by atoms with Crippen LogP contribution in [0.3, 0.4) is 0 Å². The lowest BCUT2D eigenvalue weighted by Gasteiger charge is -2.25. The number of carbonyl (C=O) groups is 2. The number of nitrogens with zero attached hydrogens (tertiary/aromatic N) is 5. The highest BCUT2D eigenvalue weighted by Gasteiger charge is 2.36. The number of pyridine rings is 1. The standard InChI is InChI=1S/C19H26N6O2/c1-13-20-18-16(8-5-9-25(18)22-13)21-19(27)23(2)11-14-10-17(26)24(12-14)15-6-3-4-7-15/h5,8-9,14-15H,3-4,6-7,10-12H2,1-2H3,(H,21,27)/t14-/m1/s1. The van der Waals surface area contributed by atoms with Crippen molar-refractivity contribution in [2.75, 3.05) is 25.5 Å². The van der Waals surface area contributed by atoms with Crippen LogP contribution in [-0.2, 0) is 4.79 Å². The number of fused-ring (bicyclic) bond motifs is 1. The summed E-state index contributed by atoms with van der Waals surface area (Å²) < 4.78 is 1.65. The Labute approximate surface area is 158 Å². The summed E-state index contributed by atoms with van der Waals surface area (Å²) in [5.74, 6) is 1.09. The normalized spacial score (nSPS) is 20.6. The van der Waals surface area contributed by atoms with Crippen LogP contribution in [0.1, 0.15) is 37.9 Å². The molecule has 8 nitrogen and oxygen atoms in total. The van der Waals surface area contributed by atoms with Crippen LogP contribution >= 0.6 is 0 Å². The molecule has 4 rings (SSSR count). The van der Waals surface area contributed by atoms with E-state index < -0.39 is 0 Å². The Hall–Kier alpha value is -2.64. The zero-order chi connectivity index (χ0) is 19.0. The molecule has 0 radical (unpaired) electrons. The number of hydrogen-bond acceptors (Lipinski definition) is 4. The molecule has 1 saturated carbocycles. The van der Waals surface area contributed by atoms with Gasteiger partial charge in [0.15, 0.2) is 5.65 Å². The summed E-state index contributed by atoms with van der Waals surface area (Å²) in [7, 11) is 1.77. The smallest absolute Gasteiger partial charge is 0.321 e. The lowest BCUT2D eigenvalue weighted by molar-refractivity contribution is -0.129. The van der Waals surface area contributed by atoms with E-state index in [0.29, 0.717) is 36.2 Å². The van der Waals surface area contributed by atoms with Crippen molar-refractivity contribution in [3.8, 4) is 0 Å². The average molecular weight is 370 g/mol. The number of aromatic nitrogens is 3. The summed E-state index contributed by atoms with van der Waals surface area (Å²) in [6, 6.07) is 3.85. The molecule has 0 bridgehead atoms. The van der Waals surface area contributed by atoms with Gasteiger partial charge in [0.2, 0.25) is 5.91 Å². The van der Waals surface area contributed by atoms with Gasteiger partial charge in [0.05, 0.1) is 5.69 Å². The Morgan fingerprint density at radius 2 is 2.15 bits per heavy atom. The second-order valence-corrected chi connectivity index (χ2v) is 7.71. The predicted molar refractivity (Wildman–Crippen MR) is 101 cm³/mol. The lowest BCUT2D eigenvalue weighted by Crippen LogP contribution is -2.38. The van der Waals surface area contributed by atoms with Crippen LogP contribution in [0.4, 0.5) is 10.5 Å². The van der Waals surface area contributed by atoms with Crippen LogP contribution in [0.25, 0.3) is 5.65 Å². The highest BCUT2D eigenvalue weighted by atomic mass is 16.2. The average Bonchev–Trinajstić information content (AvgIpc) is 3.34. The minimum atomic E-state index is -0.199. The summed E-state index contributed by atoms with van der Waals surface area (Å²) in [6.45, 7) is 3.15. The minimum Gasteiger partial charge on any atom is -0.339 e. The maximum absolute atomic E-state index is 12.6. The van der Waals surface area contributed by atoms with Crippen LogP contribution in [0.5, 0.6) is 0 Å². The predicted octanol–water partition coefficient (Wildman–Crippen LogP) is 2.29. The number of carbonyl (C=O) groups excluding carboxylic acids is 2. The van der Waals surface area contributed by atoms with Crippen molar-refractivity contribution in [3.05, 3.63) is 24.2 Å². The number of rotatable bonds is 4. The molecular weight excluding hydrogens is 344 g/mol. The maximum Gasteiger partial charge on any atom is 0.321 e. The van der Waals surface area contributed by atoms with Gasteiger partial charge in [-0.1, -0.05) is 12.8 Å². The molecule has 2 aromatic rings. The molecule has 2 aliphatic rings. The molecular formula is C19H26N6O2. The van der Waals surface area contributed by atoms with Crippen LogP contribution in [0, 0.1) is 12.8 Å². The van der Waals surface area contributed by atoms with E-state index in [0.717, 1.165) is 19.4 Å². The van der Waals surface area contributed by atoms with E-state index in [1.807, 2.05) is 24.0 Å². The summed E-state index contributed by atoms with van der Waals surface area (Å²) in [5.41, 5.74) is 1.25. The van der Waals surface area contributed by atoms with Crippen molar-refractivity contribution < 1.29 is 9.59 Å². The number of urea groups is 1. The zero-order valence-electron chi connectivity index (χ0n) is 15.9. The molecule has 0 spiro atoms. The first-order valence-corrected chi connectivity index (χ1v) is 9.65. The molecule has 1 aliphatic carbocycles. The maximum atomic E-state index is 12.6. The molecule has 144 valence electrons. The van der Waals surface area contributed by atoms with Gasteiger partial charge >= 0.3 is 6.03 Å². The van der Waals surface area contributed by atoms with Gasteiger partial charge in [-0.2, -0.15) is 5.10 Å². The Morgan fingerprint density at radius 1 is 1.37 bits per heavy atom. The first-order valence-electron chi connectivity index (χ1n) is 9.65. The van der Waals surface area contributed by atoms with Crippen LogP contribution < -0.4 is 5.32 Å². The van der Waals surface area contributed by atoms with E-state index in [1.165, 1.54) is 12.8 Å². The molecule has 1 aliphatic heterocycles. The second-order valence-electron chi connectivity index (χ2n) is 7.71. The fraction of sp³-hybridized carbons (Fsp3) is 0.579. The highest BCUT2D eigenvalue weighted by Crippen LogP contribution is 2.29. The van der Waals surface area contributed by atoms with Gasteiger partial charge in [-0.05, 0) is 31.9 Å². The monoisotopic (exact) mass is 370 g/mol. The lowest BCUT2D eigenvalue weighted by atomic mass is 10.1. The number of aryl methyl sites for hydroxylation is 1. The van der Waals surface area contributed by atoms with Crippen molar-refractivity contribution >= 4 is 23.3 Å². The number of hydrogen-bond donors (Lipinski definition) is 1.